The largest absolute Gasteiger partial charge is 0.323 e. The lowest BCUT2D eigenvalue weighted by Crippen LogP contribution is -1.92. The smallest absolute Gasteiger partial charge is 0.277 e. The van der Waals surface area contributed by atoms with Crippen LogP contribution in [-0.4, -0.2) is 9.49 Å². The Morgan fingerprint density at radius 2 is 1.12 bits per heavy atom. The number of rotatable bonds is 3. The third-order valence-corrected chi connectivity index (χ3v) is 6.11. The first kappa shape index (κ1) is 18.3. The Hall–Kier alpha value is -4.44. The third kappa shape index (κ3) is 2.70. The molecule has 0 N–H and O–H groups in total. The van der Waals surface area contributed by atoms with Crippen molar-refractivity contribution >= 4 is 38.0 Å². The quantitative estimate of drug-likeness (QED) is 0.171. The van der Waals surface area contributed by atoms with Gasteiger partial charge in [-0.05, 0) is 45.3 Å². The average Bonchev–Trinajstić information content (AvgIpc) is 3.30. The van der Waals surface area contributed by atoms with Gasteiger partial charge in [-0.3, -0.25) is 10.1 Å². The molecule has 6 rings (SSSR count). The maximum Gasteiger partial charge on any atom is 0.277 e. The van der Waals surface area contributed by atoms with Gasteiger partial charge in [0, 0.05) is 34.9 Å². The van der Waals surface area contributed by atoms with E-state index in [1.807, 2.05) is 54.6 Å². The molecule has 152 valence electrons. The predicted octanol–water partition coefficient (Wildman–Crippen LogP) is 7.51. The molecule has 5 aromatic carbocycles. The van der Waals surface area contributed by atoms with Gasteiger partial charge >= 0.3 is 0 Å². The van der Waals surface area contributed by atoms with Crippen LogP contribution in [0.4, 0.5) is 5.69 Å². The van der Waals surface area contributed by atoms with Crippen LogP contribution >= 0.6 is 0 Å². The minimum Gasteiger partial charge on any atom is -0.323 e. The van der Waals surface area contributed by atoms with Gasteiger partial charge < -0.3 is 4.57 Å². The van der Waals surface area contributed by atoms with Crippen molar-refractivity contribution in [2.45, 2.75) is 0 Å². The van der Waals surface area contributed by atoms with Crippen molar-refractivity contribution in [1.29, 1.82) is 0 Å². The van der Waals surface area contributed by atoms with Gasteiger partial charge in [0.05, 0.1) is 10.5 Å². The number of nitro benzene ring substituents is 1. The molecule has 0 saturated heterocycles. The Kier molecular flexibility index (Phi) is 4.05. The van der Waals surface area contributed by atoms with Crippen LogP contribution in [0.15, 0.2) is 109 Å². The fraction of sp³-hybridized carbons (Fsp3) is 0. The molecule has 32 heavy (non-hydrogen) atoms. The van der Waals surface area contributed by atoms with E-state index in [-0.39, 0.29) is 10.6 Å². The molecular weight excluding hydrogens is 396 g/mol. The summed E-state index contributed by atoms with van der Waals surface area (Å²) in [7, 11) is 0. The Morgan fingerprint density at radius 3 is 1.91 bits per heavy atom. The summed E-state index contributed by atoms with van der Waals surface area (Å²) in [5.74, 6) is 0. The second-order valence-corrected chi connectivity index (χ2v) is 7.88. The average molecular weight is 414 g/mol. The zero-order chi connectivity index (χ0) is 21.7. The van der Waals surface area contributed by atoms with Crippen LogP contribution in [0.3, 0.4) is 0 Å². The molecule has 0 atom stereocenters. The van der Waals surface area contributed by atoms with Crippen molar-refractivity contribution < 1.29 is 4.92 Å². The van der Waals surface area contributed by atoms with E-state index < -0.39 is 0 Å². The van der Waals surface area contributed by atoms with Gasteiger partial charge in [0.25, 0.3) is 5.69 Å². The van der Waals surface area contributed by atoms with Crippen LogP contribution < -0.4 is 0 Å². The van der Waals surface area contributed by atoms with E-state index in [0.29, 0.717) is 5.56 Å². The Balaban J connectivity index is 1.78. The molecule has 0 amide bonds. The van der Waals surface area contributed by atoms with Gasteiger partial charge in [-0.1, -0.05) is 72.8 Å². The Morgan fingerprint density at radius 1 is 0.562 bits per heavy atom. The highest BCUT2D eigenvalue weighted by atomic mass is 16.6. The maximum atomic E-state index is 11.8. The van der Waals surface area contributed by atoms with Crippen LogP contribution in [0.2, 0.25) is 0 Å². The second kappa shape index (κ2) is 7.06. The molecule has 0 spiro atoms. The minimum absolute atomic E-state index is 0.117. The first-order valence-corrected chi connectivity index (χ1v) is 10.5. The van der Waals surface area contributed by atoms with E-state index in [0.717, 1.165) is 43.6 Å². The van der Waals surface area contributed by atoms with Crippen LogP contribution in [0.25, 0.3) is 49.1 Å². The van der Waals surface area contributed by atoms with Crippen LogP contribution in [0.1, 0.15) is 0 Å². The number of hydrogen-bond donors (Lipinski definition) is 0. The highest BCUT2D eigenvalue weighted by molar-refractivity contribution is 6.28. The summed E-state index contributed by atoms with van der Waals surface area (Å²) >= 11 is 0. The molecule has 0 unspecified atom stereocenters. The van der Waals surface area contributed by atoms with Crippen molar-refractivity contribution in [1.82, 2.24) is 4.57 Å². The lowest BCUT2D eigenvalue weighted by molar-refractivity contribution is -0.384. The Bertz CT molecular complexity index is 1650. The maximum absolute atomic E-state index is 11.8. The van der Waals surface area contributed by atoms with E-state index >= 15 is 0 Å². The van der Waals surface area contributed by atoms with E-state index in [1.54, 1.807) is 12.1 Å². The standard InChI is InChI=1S/C28H18N2O2/c31-30(32)27-16-7-6-12-21(27)23-14-8-15-24-26-18-29(19-9-2-1-3-10-19)17-25(26)20-11-4-5-13-22(20)28(23)24/h1-18H. The molecule has 0 radical (unpaired) electrons. The van der Waals surface area contributed by atoms with Crippen molar-refractivity contribution in [3.63, 3.8) is 0 Å². The molecule has 0 aliphatic rings. The highest BCUT2D eigenvalue weighted by Gasteiger charge is 2.19. The van der Waals surface area contributed by atoms with Gasteiger partial charge in [-0.25, -0.2) is 0 Å². The van der Waals surface area contributed by atoms with Gasteiger partial charge in [-0.15, -0.1) is 0 Å². The molecule has 0 aliphatic heterocycles. The first-order valence-electron chi connectivity index (χ1n) is 10.5. The number of nitro groups is 1. The molecule has 4 heteroatoms. The molecule has 0 bridgehead atoms. The second-order valence-electron chi connectivity index (χ2n) is 7.88. The van der Waals surface area contributed by atoms with Crippen molar-refractivity contribution in [2.75, 3.05) is 0 Å². The van der Waals surface area contributed by atoms with Gasteiger partial charge in [0.15, 0.2) is 0 Å². The van der Waals surface area contributed by atoms with E-state index in [4.69, 9.17) is 0 Å². The van der Waals surface area contributed by atoms with Crippen molar-refractivity contribution in [3.05, 3.63) is 120 Å². The molecule has 1 heterocycles. The SMILES string of the molecule is O=[N+]([O-])c1ccccc1-c1cccc2c3cn(-c4ccccc4)cc3c3ccccc3c12. The monoisotopic (exact) mass is 414 g/mol. The lowest BCUT2D eigenvalue weighted by atomic mass is 9.90. The summed E-state index contributed by atoms with van der Waals surface area (Å²) in [6.45, 7) is 0. The number of nitrogens with zero attached hydrogens (tertiary/aromatic N) is 2. The number of fused-ring (bicyclic) bond motifs is 6. The molecular formula is C28H18N2O2. The van der Waals surface area contributed by atoms with Crippen LogP contribution in [0.5, 0.6) is 0 Å². The summed E-state index contributed by atoms with van der Waals surface area (Å²) in [4.78, 5) is 11.5. The van der Waals surface area contributed by atoms with Crippen LogP contribution in [-0.2, 0) is 0 Å². The molecule has 0 fully saturated rings. The molecule has 0 aliphatic carbocycles. The molecule has 1 aromatic heterocycles. The molecule has 6 aromatic rings. The van der Waals surface area contributed by atoms with Crippen LogP contribution in [0, 0.1) is 10.1 Å². The fourth-order valence-electron chi connectivity index (χ4n) is 4.72. The topological polar surface area (TPSA) is 48.1 Å². The normalized spacial score (nSPS) is 11.4. The lowest BCUT2D eigenvalue weighted by Gasteiger charge is -2.12. The Labute approximate surface area is 184 Å². The first-order chi connectivity index (χ1) is 15.7. The zero-order valence-corrected chi connectivity index (χ0v) is 17.1. The summed E-state index contributed by atoms with van der Waals surface area (Å²) in [6.07, 6.45) is 4.33. The molecule has 0 saturated carbocycles. The minimum atomic E-state index is -0.305. The predicted molar refractivity (Wildman–Crippen MR) is 130 cm³/mol. The van der Waals surface area contributed by atoms with E-state index in [9.17, 15) is 10.1 Å². The van der Waals surface area contributed by atoms with Crippen molar-refractivity contribution in [2.24, 2.45) is 0 Å². The number of hydrogen-bond acceptors (Lipinski definition) is 2. The zero-order valence-electron chi connectivity index (χ0n) is 17.1. The summed E-state index contributed by atoms with van der Waals surface area (Å²) in [5, 5.41) is 18.4. The summed E-state index contributed by atoms with van der Waals surface area (Å²) < 4.78 is 2.15. The third-order valence-electron chi connectivity index (χ3n) is 6.11. The van der Waals surface area contributed by atoms with Crippen molar-refractivity contribution in [3.8, 4) is 16.8 Å². The summed E-state index contributed by atoms with van der Waals surface area (Å²) in [5.41, 5.74) is 2.72. The molecule has 4 nitrogen and oxygen atoms in total. The van der Waals surface area contributed by atoms with E-state index in [2.05, 4.69) is 47.3 Å². The van der Waals surface area contributed by atoms with Gasteiger partial charge in [0.2, 0.25) is 0 Å². The van der Waals surface area contributed by atoms with E-state index in [1.165, 1.54) is 0 Å². The summed E-state index contributed by atoms with van der Waals surface area (Å²) in [6, 6.07) is 31.6. The fourth-order valence-corrected chi connectivity index (χ4v) is 4.72. The number of aromatic nitrogens is 1. The number of benzene rings is 5. The highest BCUT2D eigenvalue weighted by Crippen LogP contribution is 2.42. The van der Waals surface area contributed by atoms with Gasteiger partial charge in [-0.2, -0.15) is 0 Å². The van der Waals surface area contributed by atoms with Gasteiger partial charge in [0.1, 0.15) is 0 Å². The number of para-hydroxylation sites is 2.